The molecule has 0 saturated carbocycles. The van der Waals surface area contributed by atoms with Crippen LogP contribution in [0.2, 0.25) is 5.15 Å². The summed E-state index contributed by atoms with van der Waals surface area (Å²) in [5.74, 6) is 0.467. The molecule has 0 bridgehead atoms. The lowest BCUT2D eigenvalue weighted by molar-refractivity contribution is 0.111. The van der Waals surface area contributed by atoms with Crippen molar-refractivity contribution in [2.24, 2.45) is 0 Å². The fraction of sp³-hybridized carbons (Fsp3) is 0.583. The van der Waals surface area contributed by atoms with Gasteiger partial charge < -0.3 is 14.7 Å². The zero-order valence-electron chi connectivity index (χ0n) is 11.1. The third kappa shape index (κ3) is 3.22. The van der Waals surface area contributed by atoms with E-state index in [9.17, 15) is 9.90 Å². The highest BCUT2D eigenvalue weighted by Gasteiger charge is 2.26. The van der Waals surface area contributed by atoms with Gasteiger partial charge in [-0.25, -0.2) is 9.97 Å². The van der Waals surface area contributed by atoms with Gasteiger partial charge in [-0.2, -0.15) is 0 Å². The van der Waals surface area contributed by atoms with Crippen molar-refractivity contribution in [2.75, 3.05) is 37.5 Å². The Morgan fingerprint density at radius 1 is 1.60 bits per heavy atom. The minimum atomic E-state index is -0.239. The summed E-state index contributed by atoms with van der Waals surface area (Å²) < 4.78 is 5.44. The van der Waals surface area contributed by atoms with Gasteiger partial charge in [0.05, 0.1) is 24.8 Å². The molecular formula is C12H16ClN3O3S. The number of carbonyl (C=O) groups is 1. The highest BCUT2D eigenvalue weighted by atomic mass is 35.5. The van der Waals surface area contributed by atoms with E-state index >= 15 is 0 Å². The molecule has 2 rings (SSSR count). The van der Waals surface area contributed by atoms with Crippen molar-refractivity contribution in [3.63, 3.8) is 0 Å². The van der Waals surface area contributed by atoms with Gasteiger partial charge in [0, 0.05) is 13.2 Å². The number of rotatable bonds is 4. The lowest BCUT2D eigenvalue weighted by atomic mass is 10.2. The first-order valence-corrected chi connectivity index (χ1v) is 7.83. The fourth-order valence-electron chi connectivity index (χ4n) is 2.08. The van der Waals surface area contributed by atoms with E-state index in [1.165, 1.54) is 11.8 Å². The zero-order chi connectivity index (χ0) is 14.5. The summed E-state index contributed by atoms with van der Waals surface area (Å²) in [5, 5.41) is 10.1. The third-order valence-corrected chi connectivity index (χ3v) is 3.92. The largest absolute Gasteiger partial charge is 0.394 e. The minimum absolute atomic E-state index is 0.0749. The number of nitrogens with zero attached hydrogens (tertiary/aromatic N) is 3. The highest BCUT2D eigenvalue weighted by Crippen LogP contribution is 2.28. The Balaban J connectivity index is 2.47. The number of carbonyl (C=O) groups excluding carboxylic acids is 1. The Labute approximate surface area is 126 Å². The average Bonchev–Trinajstić information content (AvgIpc) is 2.71. The van der Waals surface area contributed by atoms with E-state index < -0.39 is 0 Å². The topological polar surface area (TPSA) is 75.6 Å². The summed E-state index contributed by atoms with van der Waals surface area (Å²) in [4.78, 5) is 21.6. The van der Waals surface area contributed by atoms with Crippen molar-refractivity contribution in [3.05, 3.63) is 10.7 Å². The molecular weight excluding hydrogens is 302 g/mol. The first kappa shape index (κ1) is 15.5. The summed E-state index contributed by atoms with van der Waals surface area (Å²) in [7, 11) is 0. The summed E-state index contributed by atoms with van der Waals surface area (Å²) in [6.07, 6.45) is 3.29. The van der Waals surface area contributed by atoms with Gasteiger partial charge in [0.15, 0.2) is 11.4 Å². The summed E-state index contributed by atoms with van der Waals surface area (Å²) >= 11 is 7.40. The number of aromatic nitrogens is 2. The maximum Gasteiger partial charge on any atom is 0.190 e. The van der Waals surface area contributed by atoms with Gasteiger partial charge in [-0.1, -0.05) is 23.4 Å². The Morgan fingerprint density at radius 2 is 2.40 bits per heavy atom. The number of aliphatic hydroxyl groups is 1. The number of aldehydes is 1. The molecule has 0 aliphatic carbocycles. The van der Waals surface area contributed by atoms with Crippen LogP contribution >= 0.6 is 23.4 Å². The van der Waals surface area contributed by atoms with Crippen LogP contribution in [-0.4, -0.2) is 60.0 Å². The van der Waals surface area contributed by atoms with Crippen LogP contribution in [0.5, 0.6) is 0 Å². The Morgan fingerprint density at radius 3 is 3.05 bits per heavy atom. The van der Waals surface area contributed by atoms with Crippen LogP contribution in [0.4, 0.5) is 5.82 Å². The fourth-order valence-corrected chi connectivity index (χ4v) is 2.70. The van der Waals surface area contributed by atoms with Crippen molar-refractivity contribution in [3.8, 4) is 0 Å². The smallest absolute Gasteiger partial charge is 0.190 e. The number of halogens is 1. The van der Waals surface area contributed by atoms with Gasteiger partial charge >= 0.3 is 0 Å². The van der Waals surface area contributed by atoms with Gasteiger partial charge in [0.25, 0.3) is 0 Å². The van der Waals surface area contributed by atoms with Crippen molar-refractivity contribution >= 4 is 35.5 Å². The maximum atomic E-state index is 11.3. The number of hydrogen-bond donors (Lipinski definition) is 1. The van der Waals surface area contributed by atoms with Crippen molar-refractivity contribution in [1.82, 2.24) is 9.97 Å². The van der Waals surface area contributed by atoms with E-state index in [1.807, 2.05) is 11.2 Å². The number of thioether (sulfide) groups is 1. The maximum absolute atomic E-state index is 11.3. The van der Waals surface area contributed by atoms with Crippen LogP contribution < -0.4 is 4.90 Å². The number of aliphatic hydroxyl groups excluding tert-OH is 1. The number of hydrogen-bond acceptors (Lipinski definition) is 7. The third-order valence-electron chi connectivity index (χ3n) is 3.08. The monoisotopic (exact) mass is 317 g/mol. The van der Waals surface area contributed by atoms with Gasteiger partial charge in [-0.3, -0.25) is 4.79 Å². The van der Waals surface area contributed by atoms with E-state index in [0.29, 0.717) is 37.0 Å². The summed E-state index contributed by atoms with van der Waals surface area (Å²) in [5.41, 5.74) is 0.254. The Hall–Kier alpha value is -0.890. The normalized spacial score (nSPS) is 19.8. The molecule has 0 amide bonds. The molecule has 20 heavy (non-hydrogen) atoms. The van der Waals surface area contributed by atoms with Crippen LogP contribution in [0.25, 0.3) is 0 Å². The van der Waals surface area contributed by atoms with Crippen LogP contribution in [0.3, 0.4) is 0 Å². The van der Waals surface area contributed by atoms with E-state index in [1.54, 1.807) is 0 Å². The first-order valence-electron chi connectivity index (χ1n) is 6.23. The molecule has 1 fully saturated rings. The molecule has 0 aromatic carbocycles. The van der Waals surface area contributed by atoms with Crippen LogP contribution in [-0.2, 0) is 4.74 Å². The first-order chi connectivity index (χ1) is 9.71. The van der Waals surface area contributed by atoms with Crippen LogP contribution in [0.1, 0.15) is 16.8 Å². The molecule has 1 aliphatic rings. The van der Waals surface area contributed by atoms with Crippen molar-refractivity contribution in [1.29, 1.82) is 0 Å². The molecule has 110 valence electrons. The standard InChI is InChI=1S/C12H16ClN3O3S/c1-20-12-14-10(13)9(6-18)11(15-12)16-3-2-4-19-7-8(16)5-17/h6,8,17H,2-5,7H2,1H3/t8-/m1/s1. The second-order valence-corrected chi connectivity index (χ2v) is 5.45. The molecule has 1 aromatic rings. The molecule has 0 spiro atoms. The quantitative estimate of drug-likeness (QED) is 0.387. The predicted octanol–water partition coefficient (Wildman–Crippen LogP) is 1.25. The molecule has 6 nitrogen and oxygen atoms in total. The molecule has 1 saturated heterocycles. The lowest BCUT2D eigenvalue weighted by Gasteiger charge is -2.30. The van der Waals surface area contributed by atoms with Gasteiger partial charge in [-0.15, -0.1) is 0 Å². The summed E-state index contributed by atoms with van der Waals surface area (Å²) in [6.45, 7) is 1.59. The predicted molar refractivity (Wildman–Crippen MR) is 77.9 cm³/mol. The zero-order valence-corrected chi connectivity index (χ0v) is 12.7. The number of ether oxygens (including phenoxy) is 1. The van der Waals surface area contributed by atoms with E-state index in [2.05, 4.69) is 9.97 Å². The summed E-state index contributed by atoms with van der Waals surface area (Å²) in [6, 6.07) is -0.239. The van der Waals surface area contributed by atoms with Crippen molar-refractivity contribution in [2.45, 2.75) is 17.6 Å². The average molecular weight is 318 g/mol. The molecule has 1 atom stereocenters. The minimum Gasteiger partial charge on any atom is -0.394 e. The van der Waals surface area contributed by atoms with E-state index in [-0.39, 0.29) is 23.4 Å². The molecule has 0 unspecified atom stereocenters. The second kappa shape index (κ2) is 7.21. The van der Waals surface area contributed by atoms with Gasteiger partial charge in [0.1, 0.15) is 11.0 Å². The molecule has 1 N–H and O–H groups in total. The van der Waals surface area contributed by atoms with Crippen molar-refractivity contribution < 1.29 is 14.6 Å². The SMILES string of the molecule is CSc1nc(Cl)c(C=O)c(N2CCCOC[C@H]2CO)n1. The van der Waals surface area contributed by atoms with E-state index in [4.69, 9.17) is 16.3 Å². The van der Waals surface area contributed by atoms with Crippen LogP contribution in [0, 0.1) is 0 Å². The van der Waals surface area contributed by atoms with Crippen LogP contribution in [0.15, 0.2) is 5.16 Å². The van der Waals surface area contributed by atoms with E-state index in [0.717, 1.165) is 6.42 Å². The van der Waals surface area contributed by atoms with Gasteiger partial charge in [-0.05, 0) is 12.7 Å². The Kier molecular flexibility index (Phi) is 5.59. The lowest BCUT2D eigenvalue weighted by Crippen LogP contribution is -2.41. The molecule has 1 aromatic heterocycles. The second-order valence-electron chi connectivity index (χ2n) is 4.31. The molecule has 0 radical (unpaired) electrons. The molecule has 1 aliphatic heterocycles. The highest BCUT2D eigenvalue weighted by molar-refractivity contribution is 7.98. The number of anilines is 1. The molecule has 2 heterocycles. The molecule has 8 heteroatoms. The van der Waals surface area contributed by atoms with Gasteiger partial charge in [0.2, 0.25) is 0 Å². The Bertz CT molecular complexity index is 489.